The molecule has 5 heteroatoms. The molecule has 3 aromatic rings. The van der Waals surface area contributed by atoms with Crippen molar-refractivity contribution in [3.05, 3.63) is 65.7 Å². The lowest BCUT2D eigenvalue weighted by Crippen LogP contribution is -1.94. The molecule has 0 radical (unpaired) electrons. The van der Waals surface area contributed by atoms with Crippen molar-refractivity contribution in [3.8, 4) is 11.5 Å². The summed E-state index contributed by atoms with van der Waals surface area (Å²) in [5.41, 5.74) is 7.81. The molecule has 2 aromatic carbocycles. The van der Waals surface area contributed by atoms with Gasteiger partial charge in [0.25, 0.3) is 5.89 Å². The largest absolute Gasteiger partial charge is 0.398 e. The second-order valence-electron chi connectivity index (χ2n) is 4.73. The van der Waals surface area contributed by atoms with Gasteiger partial charge in [0.15, 0.2) is 5.82 Å². The van der Waals surface area contributed by atoms with Gasteiger partial charge in [-0.3, -0.25) is 0 Å². The Kier molecular flexibility index (Phi) is 3.64. The zero-order valence-corrected chi connectivity index (χ0v) is 11.3. The Bertz CT molecular complexity index is 740. The molecule has 4 nitrogen and oxygen atoms in total. The lowest BCUT2D eigenvalue weighted by molar-refractivity contribution is 0.422. The van der Waals surface area contributed by atoms with Crippen LogP contribution in [0.1, 0.15) is 11.4 Å². The summed E-state index contributed by atoms with van der Waals surface area (Å²) in [7, 11) is 0. The third-order valence-corrected chi connectivity index (χ3v) is 3.19. The molecule has 0 saturated carbocycles. The highest BCUT2D eigenvalue weighted by molar-refractivity contribution is 5.70. The zero-order chi connectivity index (χ0) is 14.7. The second kappa shape index (κ2) is 5.75. The molecule has 0 saturated heterocycles. The third kappa shape index (κ3) is 3.08. The smallest absolute Gasteiger partial charge is 0.260 e. The summed E-state index contributed by atoms with van der Waals surface area (Å²) in [6.45, 7) is 0. The monoisotopic (exact) mass is 283 g/mol. The predicted molar refractivity (Wildman–Crippen MR) is 78.0 cm³/mol. The van der Waals surface area contributed by atoms with E-state index in [2.05, 4.69) is 22.3 Å². The summed E-state index contributed by atoms with van der Waals surface area (Å²) in [4.78, 5) is 4.31. The van der Waals surface area contributed by atoms with Gasteiger partial charge in [-0.1, -0.05) is 35.5 Å². The van der Waals surface area contributed by atoms with Crippen LogP contribution < -0.4 is 5.73 Å². The van der Waals surface area contributed by atoms with Crippen LogP contribution in [0, 0.1) is 5.82 Å². The lowest BCUT2D eigenvalue weighted by atomic mass is 10.1. The van der Waals surface area contributed by atoms with Crippen molar-refractivity contribution in [3.63, 3.8) is 0 Å². The first-order valence-electron chi connectivity index (χ1n) is 6.64. The number of aryl methyl sites for hydroxylation is 2. The van der Waals surface area contributed by atoms with E-state index in [1.54, 1.807) is 6.07 Å². The lowest BCUT2D eigenvalue weighted by Gasteiger charge is -1.99. The average molecular weight is 283 g/mol. The van der Waals surface area contributed by atoms with Crippen LogP contribution in [-0.4, -0.2) is 10.1 Å². The van der Waals surface area contributed by atoms with E-state index < -0.39 is 0 Å². The molecular weight excluding hydrogens is 269 g/mol. The predicted octanol–water partition coefficient (Wildman–Crippen LogP) is 3.24. The van der Waals surface area contributed by atoms with Crippen LogP contribution in [0.2, 0.25) is 0 Å². The Morgan fingerprint density at radius 3 is 2.62 bits per heavy atom. The van der Waals surface area contributed by atoms with Crippen molar-refractivity contribution in [1.29, 1.82) is 0 Å². The van der Waals surface area contributed by atoms with Gasteiger partial charge < -0.3 is 10.3 Å². The molecule has 0 fully saturated rings. The molecule has 3 rings (SSSR count). The highest BCUT2D eigenvalue weighted by Crippen LogP contribution is 2.25. The first-order chi connectivity index (χ1) is 10.2. The van der Waals surface area contributed by atoms with Crippen molar-refractivity contribution in [2.45, 2.75) is 12.8 Å². The maximum absolute atomic E-state index is 13.0. The number of nitrogen functional groups attached to an aromatic ring is 1. The number of aromatic nitrogens is 2. The third-order valence-electron chi connectivity index (χ3n) is 3.19. The number of nitrogens with zero attached hydrogens (tertiary/aromatic N) is 2. The van der Waals surface area contributed by atoms with Crippen molar-refractivity contribution >= 4 is 5.69 Å². The zero-order valence-electron chi connectivity index (χ0n) is 11.3. The maximum atomic E-state index is 13.0. The van der Waals surface area contributed by atoms with Gasteiger partial charge in [0.05, 0.1) is 5.56 Å². The fourth-order valence-corrected chi connectivity index (χ4v) is 2.09. The average Bonchev–Trinajstić information content (AvgIpc) is 2.95. The number of rotatable bonds is 4. The number of anilines is 1. The highest BCUT2D eigenvalue weighted by atomic mass is 19.1. The van der Waals surface area contributed by atoms with E-state index in [9.17, 15) is 4.39 Å². The van der Waals surface area contributed by atoms with Gasteiger partial charge in [0.1, 0.15) is 5.82 Å². The minimum atomic E-state index is -0.389. The number of benzene rings is 2. The summed E-state index contributed by atoms with van der Waals surface area (Å²) in [5, 5.41) is 3.94. The summed E-state index contributed by atoms with van der Waals surface area (Å²) >= 11 is 0. The van der Waals surface area contributed by atoms with Crippen LogP contribution in [0.3, 0.4) is 0 Å². The fourth-order valence-electron chi connectivity index (χ4n) is 2.09. The van der Waals surface area contributed by atoms with E-state index >= 15 is 0 Å². The molecule has 0 spiro atoms. The molecule has 0 unspecified atom stereocenters. The molecule has 0 atom stereocenters. The molecule has 1 heterocycles. The number of halogens is 1. The van der Waals surface area contributed by atoms with Crippen LogP contribution in [0.5, 0.6) is 0 Å². The summed E-state index contributed by atoms with van der Waals surface area (Å²) in [6, 6.07) is 14.2. The Labute approximate surface area is 121 Å². The standard InChI is InChI=1S/C16H14FN3O/c17-12-7-8-13(14(18)10-12)16-19-15(20-21-16)9-6-11-4-2-1-3-5-11/h1-5,7-8,10H,6,9,18H2. The van der Waals surface area contributed by atoms with Gasteiger partial charge in [-0.25, -0.2) is 4.39 Å². The van der Waals surface area contributed by atoms with Crippen LogP contribution in [0.4, 0.5) is 10.1 Å². The molecule has 0 aliphatic heterocycles. The molecule has 21 heavy (non-hydrogen) atoms. The molecule has 106 valence electrons. The number of hydrogen-bond acceptors (Lipinski definition) is 4. The van der Waals surface area contributed by atoms with Gasteiger partial charge in [-0.15, -0.1) is 0 Å². The van der Waals surface area contributed by atoms with E-state index in [0.29, 0.717) is 23.7 Å². The summed E-state index contributed by atoms with van der Waals surface area (Å²) < 4.78 is 18.2. The van der Waals surface area contributed by atoms with E-state index in [0.717, 1.165) is 6.42 Å². The first-order valence-corrected chi connectivity index (χ1v) is 6.64. The van der Waals surface area contributed by atoms with Gasteiger partial charge in [-0.2, -0.15) is 4.98 Å². The maximum Gasteiger partial charge on any atom is 0.260 e. The quantitative estimate of drug-likeness (QED) is 0.746. The second-order valence-corrected chi connectivity index (χ2v) is 4.73. The van der Waals surface area contributed by atoms with Crippen LogP contribution >= 0.6 is 0 Å². The van der Waals surface area contributed by atoms with Gasteiger partial charge >= 0.3 is 0 Å². The van der Waals surface area contributed by atoms with Crippen LogP contribution in [0.15, 0.2) is 53.1 Å². The van der Waals surface area contributed by atoms with E-state index in [1.807, 2.05) is 18.2 Å². The molecule has 0 bridgehead atoms. The molecule has 0 aliphatic carbocycles. The minimum absolute atomic E-state index is 0.285. The Morgan fingerprint density at radius 2 is 1.86 bits per heavy atom. The molecule has 2 N–H and O–H groups in total. The normalized spacial score (nSPS) is 10.7. The number of nitrogens with two attached hydrogens (primary N) is 1. The molecular formula is C16H14FN3O. The van der Waals surface area contributed by atoms with Crippen molar-refractivity contribution in [1.82, 2.24) is 10.1 Å². The van der Waals surface area contributed by atoms with Crippen molar-refractivity contribution < 1.29 is 8.91 Å². The fraction of sp³-hybridized carbons (Fsp3) is 0.125. The van der Waals surface area contributed by atoms with Gasteiger partial charge in [-0.05, 0) is 30.2 Å². The summed E-state index contributed by atoms with van der Waals surface area (Å²) in [5.74, 6) is 0.535. The topological polar surface area (TPSA) is 64.9 Å². The SMILES string of the molecule is Nc1cc(F)ccc1-c1nc(CCc2ccccc2)no1. The Hall–Kier alpha value is -2.69. The van der Waals surface area contributed by atoms with Crippen molar-refractivity contribution in [2.75, 3.05) is 5.73 Å². The van der Waals surface area contributed by atoms with Crippen LogP contribution in [-0.2, 0) is 12.8 Å². The van der Waals surface area contributed by atoms with Gasteiger partial charge in [0, 0.05) is 12.1 Å². The van der Waals surface area contributed by atoms with Crippen LogP contribution in [0.25, 0.3) is 11.5 Å². The van der Waals surface area contributed by atoms with E-state index in [-0.39, 0.29) is 11.5 Å². The minimum Gasteiger partial charge on any atom is -0.398 e. The molecule has 1 aromatic heterocycles. The Morgan fingerprint density at radius 1 is 1.05 bits per heavy atom. The summed E-state index contributed by atoms with van der Waals surface area (Å²) in [6.07, 6.45) is 1.51. The van der Waals surface area contributed by atoms with E-state index in [4.69, 9.17) is 10.3 Å². The highest BCUT2D eigenvalue weighted by Gasteiger charge is 2.12. The molecule has 0 amide bonds. The number of hydrogen-bond donors (Lipinski definition) is 1. The van der Waals surface area contributed by atoms with E-state index in [1.165, 1.54) is 17.7 Å². The molecule has 0 aliphatic rings. The first kappa shape index (κ1) is 13.3. The van der Waals surface area contributed by atoms with Crippen molar-refractivity contribution in [2.24, 2.45) is 0 Å². The van der Waals surface area contributed by atoms with Gasteiger partial charge in [0.2, 0.25) is 0 Å². The Balaban J connectivity index is 1.74.